The SMILES string of the molecule is C[C@H](NC(=O)Cn1nnn(-c2cccs2)c1=O)c1ccc2ccccc2c1. The van der Waals surface area contributed by atoms with Gasteiger partial charge in [-0.25, -0.2) is 4.79 Å². The lowest BCUT2D eigenvalue weighted by atomic mass is 10.0. The van der Waals surface area contributed by atoms with E-state index in [4.69, 9.17) is 0 Å². The third-order valence-electron chi connectivity index (χ3n) is 4.30. The summed E-state index contributed by atoms with van der Waals surface area (Å²) in [5, 5.41) is 15.3. The summed E-state index contributed by atoms with van der Waals surface area (Å²) in [6.45, 7) is 1.73. The number of carbonyl (C=O) groups excluding carboxylic acids is 1. The van der Waals surface area contributed by atoms with Crippen LogP contribution in [0, 0.1) is 0 Å². The van der Waals surface area contributed by atoms with Crippen molar-refractivity contribution in [3.8, 4) is 5.00 Å². The van der Waals surface area contributed by atoms with Gasteiger partial charge >= 0.3 is 5.69 Å². The Morgan fingerprint density at radius 1 is 1.11 bits per heavy atom. The van der Waals surface area contributed by atoms with Gasteiger partial charge < -0.3 is 5.32 Å². The molecule has 4 rings (SSSR count). The molecule has 0 saturated carbocycles. The lowest BCUT2D eigenvalue weighted by Gasteiger charge is -2.14. The highest BCUT2D eigenvalue weighted by molar-refractivity contribution is 7.12. The minimum atomic E-state index is -0.439. The molecule has 0 aliphatic rings. The van der Waals surface area contributed by atoms with Gasteiger partial charge in [0.15, 0.2) is 0 Å². The van der Waals surface area contributed by atoms with Crippen LogP contribution >= 0.6 is 11.3 Å². The predicted octanol–water partition coefficient (Wildman–Crippen LogP) is 2.52. The number of nitrogens with zero attached hydrogens (tertiary/aromatic N) is 4. The van der Waals surface area contributed by atoms with Gasteiger partial charge in [0.25, 0.3) is 0 Å². The summed E-state index contributed by atoms with van der Waals surface area (Å²) in [7, 11) is 0. The third-order valence-corrected chi connectivity index (χ3v) is 5.14. The minimum Gasteiger partial charge on any atom is -0.348 e. The zero-order valence-corrected chi connectivity index (χ0v) is 15.4. The van der Waals surface area contributed by atoms with Gasteiger partial charge in [0, 0.05) is 0 Å². The van der Waals surface area contributed by atoms with Crippen molar-refractivity contribution in [2.75, 3.05) is 0 Å². The largest absolute Gasteiger partial charge is 0.369 e. The number of tetrazole rings is 1. The first-order valence-corrected chi connectivity index (χ1v) is 9.34. The fourth-order valence-corrected chi connectivity index (χ4v) is 3.55. The van der Waals surface area contributed by atoms with Crippen LogP contribution in [0.2, 0.25) is 0 Å². The monoisotopic (exact) mass is 379 g/mol. The summed E-state index contributed by atoms with van der Waals surface area (Å²) in [4.78, 5) is 24.7. The van der Waals surface area contributed by atoms with E-state index in [2.05, 4.69) is 21.8 Å². The highest BCUT2D eigenvalue weighted by atomic mass is 32.1. The molecule has 2 aromatic heterocycles. The van der Waals surface area contributed by atoms with E-state index in [0.717, 1.165) is 21.0 Å². The summed E-state index contributed by atoms with van der Waals surface area (Å²) in [5.74, 6) is -0.295. The lowest BCUT2D eigenvalue weighted by Crippen LogP contribution is -2.34. The molecule has 27 heavy (non-hydrogen) atoms. The first-order chi connectivity index (χ1) is 13.1. The Balaban J connectivity index is 1.46. The van der Waals surface area contributed by atoms with Gasteiger partial charge in [-0.3, -0.25) is 4.79 Å². The molecular formula is C19H17N5O2S. The normalized spacial score (nSPS) is 12.2. The topological polar surface area (TPSA) is 81.8 Å². The average Bonchev–Trinajstić information content (AvgIpc) is 3.32. The van der Waals surface area contributed by atoms with E-state index in [1.54, 1.807) is 6.07 Å². The molecule has 2 heterocycles. The lowest BCUT2D eigenvalue weighted by molar-refractivity contribution is -0.122. The minimum absolute atomic E-state index is 0.178. The van der Waals surface area contributed by atoms with Gasteiger partial charge in [0.1, 0.15) is 11.5 Å². The maximum Gasteiger partial charge on any atom is 0.369 e. The van der Waals surface area contributed by atoms with Crippen molar-refractivity contribution in [1.82, 2.24) is 25.1 Å². The Morgan fingerprint density at radius 2 is 1.93 bits per heavy atom. The number of amides is 1. The van der Waals surface area contributed by atoms with E-state index in [1.807, 2.05) is 54.8 Å². The second kappa shape index (κ2) is 7.16. The second-order valence-electron chi connectivity index (χ2n) is 6.18. The number of hydrogen-bond donors (Lipinski definition) is 1. The molecule has 0 aliphatic carbocycles. The molecule has 1 atom stereocenters. The molecule has 0 bridgehead atoms. The molecule has 0 fully saturated rings. The zero-order valence-electron chi connectivity index (χ0n) is 14.6. The summed E-state index contributed by atoms with van der Waals surface area (Å²) >= 11 is 1.38. The van der Waals surface area contributed by atoms with Crippen LogP contribution in [-0.2, 0) is 11.3 Å². The smallest absolute Gasteiger partial charge is 0.348 e. The van der Waals surface area contributed by atoms with E-state index in [0.29, 0.717) is 5.00 Å². The van der Waals surface area contributed by atoms with Crippen molar-refractivity contribution in [2.24, 2.45) is 0 Å². The Morgan fingerprint density at radius 3 is 2.70 bits per heavy atom. The molecular weight excluding hydrogens is 362 g/mol. The van der Waals surface area contributed by atoms with E-state index < -0.39 is 5.69 Å². The Bertz CT molecular complexity index is 1150. The first kappa shape index (κ1) is 17.2. The molecule has 4 aromatic rings. The van der Waals surface area contributed by atoms with E-state index >= 15 is 0 Å². The Hall–Kier alpha value is -3.26. The van der Waals surface area contributed by atoms with Crippen LogP contribution in [0.25, 0.3) is 15.8 Å². The van der Waals surface area contributed by atoms with Gasteiger partial charge in [-0.1, -0.05) is 36.4 Å². The van der Waals surface area contributed by atoms with Crippen molar-refractivity contribution in [1.29, 1.82) is 0 Å². The molecule has 2 aromatic carbocycles. The van der Waals surface area contributed by atoms with Crippen LogP contribution < -0.4 is 11.0 Å². The van der Waals surface area contributed by atoms with Gasteiger partial charge in [-0.05, 0) is 57.3 Å². The molecule has 136 valence electrons. The maximum atomic E-state index is 12.4. The number of thiophene rings is 1. The Kier molecular flexibility index (Phi) is 4.55. The van der Waals surface area contributed by atoms with Crippen molar-refractivity contribution < 1.29 is 4.79 Å². The highest BCUT2D eigenvalue weighted by Crippen LogP contribution is 2.20. The van der Waals surface area contributed by atoms with Gasteiger partial charge in [0.2, 0.25) is 5.91 Å². The van der Waals surface area contributed by atoms with Gasteiger partial charge in [-0.2, -0.15) is 9.36 Å². The van der Waals surface area contributed by atoms with Crippen LogP contribution in [0.15, 0.2) is 64.8 Å². The van der Waals surface area contributed by atoms with Crippen molar-refractivity contribution in [2.45, 2.75) is 19.5 Å². The van der Waals surface area contributed by atoms with E-state index in [9.17, 15) is 9.59 Å². The van der Waals surface area contributed by atoms with Gasteiger partial charge in [0.05, 0.1) is 6.04 Å². The van der Waals surface area contributed by atoms with Crippen LogP contribution in [0.1, 0.15) is 18.5 Å². The number of fused-ring (bicyclic) bond motifs is 1. The van der Waals surface area contributed by atoms with Crippen LogP contribution in [0.3, 0.4) is 0 Å². The number of nitrogens with one attached hydrogen (secondary N) is 1. The van der Waals surface area contributed by atoms with Crippen LogP contribution in [-0.4, -0.2) is 25.7 Å². The third kappa shape index (κ3) is 3.52. The average molecular weight is 379 g/mol. The number of benzene rings is 2. The number of carbonyl (C=O) groups is 1. The fraction of sp³-hybridized carbons (Fsp3) is 0.158. The molecule has 7 nitrogen and oxygen atoms in total. The highest BCUT2D eigenvalue weighted by Gasteiger charge is 2.15. The number of rotatable bonds is 5. The number of hydrogen-bond acceptors (Lipinski definition) is 5. The molecule has 0 unspecified atom stereocenters. The molecule has 1 N–H and O–H groups in total. The summed E-state index contributed by atoms with van der Waals surface area (Å²) in [6.07, 6.45) is 0. The summed E-state index contributed by atoms with van der Waals surface area (Å²) < 4.78 is 2.24. The van der Waals surface area contributed by atoms with E-state index in [1.165, 1.54) is 16.0 Å². The molecule has 0 spiro atoms. The first-order valence-electron chi connectivity index (χ1n) is 8.46. The second-order valence-corrected chi connectivity index (χ2v) is 7.10. The quantitative estimate of drug-likeness (QED) is 0.578. The standard InChI is InChI=1S/C19H17N5O2S/c1-13(15-9-8-14-5-2-3-6-16(14)11-15)20-17(25)12-23-19(26)24(22-21-23)18-7-4-10-27-18/h2-11,13H,12H2,1H3,(H,20,25)/t13-/m0/s1. The summed E-state index contributed by atoms with van der Waals surface area (Å²) in [5.41, 5.74) is 0.558. The van der Waals surface area contributed by atoms with E-state index in [-0.39, 0.29) is 18.5 Å². The van der Waals surface area contributed by atoms with Gasteiger partial charge in [-0.15, -0.1) is 11.3 Å². The summed E-state index contributed by atoms with van der Waals surface area (Å²) in [6, 6.07) is 17.5. The molecule has 1 amide bonds. The number of aromatic nitrogens is 4. The zero-order chi connectivity index (χ0) is 18.8. The predicted molar refractivity (Wildman–Crippen MR) is 104 cm³/mol. The van der Waals surface area contributed by atoms with Crippen LogP contribution in [0.4, 0.5) is 0 Å². The van der Waals surface area contributed by atoms with Crippen LogP contribution in [0.5, 0.6) is 0 Å². The maximum absolute atomic E-state index is 12.4. The van der Waals surface area contributed by atoms with Crippen molar-refractivity contribution >= 4 is 28.0 Å². The van der Waals surface area contributed by atoms with Crippen molar-refractivity contribution in [3.63, 3.8) is 0 Å². The molecule has 0 saturated heterocycles. The van der Waals surface area contributed by atoms with Crippen molar-refractivity contribution in [3.05, 3.63) is 76.0 Å². The molecule has 8 heteroatoms. The molecule has 0 radical (unpaired) electrons. The Labute approximate surface area is 158 Å². The molecule has 0 aliphatic heterocycles. The fourth-order valence-electron chi connectivity index (χ4n) is 2.89.